The van der Waals surface area contributed by atoms with E-state index in [-0.39, 0.29) is 29.5 Å². The number of anilines is 2. The first-order chi connectivity index (χ1) is 14.9. The third kappa shape index (κ3) is 7.37. The summed E-state index contributed by atoms with van der Waals surface area (Å²) in [5, 5.41) is 7.84. The molecule has 31 heavy (non-hydrogen) atoms. The van der Waals surface area contributed by atoms with Crippen molar-refractivity contribution in [2.75, 3.05) is 16.4 Å². The van der Waals surface area contributed by atoms with E-state index in [1.54, 1.807) is 24.3 Å². The van der Waals surface area contributed by atoms with Gasteiger partial charge in [0.1, 0.15) is 11.6 Å². The molecule has 0 unspecified atom stereocenters. The molecular formula is C22H22FN3O3S2. The van der Waals surface area contributed by atoms with Gasteiger partial charge in [0.05, 0.1) is 17.6 Å². The van der Waals surface area contributed by atoms with Crippen molar-refractivity contribution in [3.8, 4) is 5.75 Å². The number of amides is 2. The lowest BCUT2D eigenvalue weighted by Gasteiger charge is -2.09. The van der Waals surface area contributed by atoms with Crippen LogP contribution in [0.3, 0.4) is 0 Å². The quantitative estimate of drug-likeness (QED) is 0.460. The van der Waals surface area contributed by atoms with Crippen molar-refractivity contribution in [1.82, 2.24) is 4.98 Å². The summed E-state index contributed by atoms with van der Waals surface area (Å²) >= 11 is 2.73. The number of aromatic nitrogens is 1. The minimum Gasteiger partial charge on any atom is -0.491 e. The number of rotatable bonds is 9. The topological polar surface area (TPSA) is 80.3 Å². The van der Waals surface area contributed by atoms with E-state index in [2.05, 4.69) is 15.6 Å². The van der Waals surface area contributed by atoms with E-state index in [1.807, 2.05) is 19.2 Å². The zero-order chi connectivity index (χ0) is 22.2. The summed E-state index contributed by atoms with van der Waals surface area (Å²) in [4.78, 5) is 28.7. The molecule has 0 fully saturated rings. The fourth-order valence-electron chi connectivity index (χ4n) is 2.54. The molecule has 1 heterocycles. The van der Waals surface area contributed by atoms with Gasteiger partial charge in [-0.2, -0.15) is 0 Å². The van der Waals surface area contributed by atoms with Crippen LogP contribution in [0.1, 0.15) is 29.9 Å². The summed E-state index contributed by atoms with van der Waals surface area (Å²) in [5.74, 6) is 0.708. The van der Waals surface area contributed by atoms with E-state index in [0.29, 0.717) is 27.9 Å². The maximum atomic E-state index is 12.9. The fraction of sp³-hybridized carbons (Fsp3) is 0.227. The molecule has 1 aromatic heterocycles. The van der Waals surface area contributed by atoms with Crippen LogP contribution >= 0.6 is 23.1 Å². The van der Waals surface area contributed by atoms with Gasteiger partial charge < -0.3 is 10.1 Å². The number of thioether (sulfide) groups is 1. The van der Waals surface area contributed by atoms with Crippen LogP contribution in [-0.4, -0.2) is 28.7 Å². The van der Waals surface area contributed by atoms with Crippen molar-refractivity contribution in [2.45, 2.75) is 25.7 Å². The first kappa shape index (κ1) is 22.8. The van der Waals surface area contributed by atoms with E-state index in [4.69, 9.17) is 4.74 Å². The molecule has 6 nitrogen and oxygen atoms in total. The van der Waals surface area contributed by atoms with E-state index in [0.717, 1.165) is 5.69 Å². The first-order valence-corrected chi connectivity index (χ1v) is 11.6. The van der Waals surface area contributed by atoms with Crippen molar-refractivity contribution in [2.24, 2.45) is 0 Å². The standard InChI is InChI=1S/C22H22FN3O3S2/c1-14(2)29-19-9-3-15(4-10-19)21(28)26-22-25-18(12-31-22)11-30-13-20(27)24-17-7-5-16(23)6-8-17/h3-10,12,14H,11,13H2,1-2H3,(H,24,27)(H,25,26,28). The van der Waals surface area contributed by atoms with Gasteiger partial charge in [-0.15, -0.1) is 23.1 Å². The number of hydrogen-bond acceptors (Lipinski definition) is 6. The summed E-state index contributed by atoms with van der Waals surface area (Å²) in [5.41, 5.74) is 1.84. The van der Waals surface area contributed by atoms with Gasteiger partial charge in [-0.25, -0.2) is 9.37 Å². The molecule has 0 aliphatic carbocycles. The van der Waals surface area contributed by atoms with Crippen LogP contribution < -0.4 is 15.4 Å². The highest BCUT2D eigenvalue weighted by molar-refractivity contribution is 7.99. The predicted octanol–water partition coefficient (Wildman–Crippen LogP) is 5.19. The Bertz CT molecular complexity index is 1020. The molecule has 0 bridgehead atoms. The van der Waals surface area contributed by atoms with Crippen molar-refractivity contribution in [3.05, 3.63) is 71.0 Å². The number of thiazole rings is 1. The number of ether oxygens (including phenoxy) is 1. The SMILES string of the molecule is CC(C)Oc1ccc(C(=O)Nc2nc(CSCC(=O)Nc3ccc(F)cc3)cs2)cc1. The Hall–Kier alpha value is -2.91. The minimum absolute atomic E-state index is 0.0697. The molecule has 2 aromatic carbocycles. The molecule has 0 spiro atoms. The number of halogens is 1. The van der Waals surface area contributed by atoms with Gasteiger partial charge >= 0.3 is 0 Å². The minimum atomic E-state index is -0.351. The van der Waals surface area contributed by atoms with E-state index in [9.17, 15) is 14.0 Å². The molecule has 3 rings (SSSR count). The largest absolute Gasteiger partial charge is 0.491 e. The van der Waals surface area contributed by atoms with Crippen molar-refractivity contribution in [1.29, 1.82) is 0 Å². The van der Waals surface area contributed by atoms with Gasteiger partial charge in [-0.1, -0.05) is 0 Å². The molecule has 2 N–H and O–H groups in total. The monoisotopic (exact) mass is 459 g/mol. The van der Waals surface area contributed by atoms with Gasteiger partial charge in [0.2, 0.25) is 5.91 Å². The summed E-state index contributed by atoms with van der Waals surface area (Å²) in [6.45, 7) is 3.88. The van der Waals surface area contributed by atoms with Crippen LogP contribution in [0.5, 0.6) is 5.75 Å². The maximum absolute atomic E-state index is 12.9. The van der Waals surface area contributed by atoms with Gasteiger partial charge in [-0.3, -0.25) is 14.9 Å². The van der Waals surface area contributed by atoms with Crippen LogP contribution in [0.2, 0.25) is 0 Å². The molecule has 0 aliphatic heterocycles. The molecule has 9 heteroatoms. The van der Waals surface area contributed by atoms with Crippen LogP contribution in [-0.2, 0) is 10.5 Å². The smallest absolute Gasteiger partial charge is 0.257 e. The van der Waals surface area contributed by atoms with Crippen LogP contribution in [0.15, 0.2) is 53.9 Å². The lowest BCUT2D eigenvalue weighted by molar-refractivity contribution is -0.113. The first-order valence-electron chi connectivity index (χ1n) is 9.54. The molecular weight excluding hydrogens is 437 g/mol. The lowest BCUT2D eigenvalue weighted by Crippen LogP contribution is -2.14. The van der Waals surface area contributed by atoms with Crippen LogP contribution in [0.25, 0.3) is 0 Å². The van der Waals surface area contributed by atoms with E-state index in [1.165, 1.54) is 47.4 Å². The van der Waals surface area contributed by atoms with Crippen molar-refractivity contribution >= 4 is 45.7 Å². The van der Waals surface area contributed by atoms with Crippen LogP contribution in [0, 0.1) is 5.82 Å². The number of hydrogen-bond donors (Lipinski definition) is 2. The summed E-state index contributed by atoms with van der Waals surface area (Å²) < 4.78 is 18.5. The highest BCUT2D eigenvalue weighted by atomic mass is 32.2. The van der Waals surface area contributed by atoms with E-state index < -0.39 is 0 Å². The number of carbonyl (C=O) groups excluding carboxylic acids is 2. The zero-order valence-electron chi connectivity index (χ0n) is 17.1. The van der Waals surface area contributed by atoms with Crippen molar-refractivity contribution < 1.29 is 18.7 Å². The molecule has 0 aliphatic rings. The van der Waals surface area contributed by atoms with Gasteiger partial charge in [0.15, 0.2) is 5.13 Å². The fourth-order valence-corrected chi connectivity index (χ4v) is 4.06. The normalized spacial score (nSPS) is 10.7. The van der Waals surface area contributed by atoms with Crippen molar-refractivity contribution in [3.63, 3.8) is 0 Å². The molecule has 162 valence electrons. The predicted molar refractivity (Wildman–Crippen MR) is 123 cm³/mol. The Kier molecular flexibility index (Phi) is 8.02. The Morgan fingerprint density at radius 2 is 1.81 bits per heavy atom. The molecule has 0 saturated carbocycles. The Labute approximate surface area is 188 Å². The highest BCUT2D eigenvalue weighted by Gasteiger charge is 2.11. The molecule has 0 radical (unpaired) electrons. The second-order valence-electron chi connectivity index (χ2n) is 6.84. The number of nitrogens with zero attached hydrogens (tertiary/aromatic N) is 1. The Morgan fingerprint density at radius 1 is 1.10 bits per heavy atom. The Morgan fingerprint density at radius 3 is 2.48 bits per heavy atom. The van der Waals surface area contributed by atoms with Gasteiger partial charge in [-0.05, 0) is 62.4 Å². The van der Waals surface area contributed by atoms with Crippen LogP contribution in [0.4, 0.5) is 15.2 Å². The number of benzene rings is 2. The summed E-state index contributed by atoms with van der Waals surface area (Å²) in [6.07, 6.45) is 0.0697. The van der Waals surface area contributed by atoms with E-state index >= 15 is 0 Å². The average molecular weight is 460 g/mol. The third-order valence-electron chi connectivity index (χ3n) is 3.87. The highest BCUT2D eigenvalue weighted by Crippen LogP contribution is 2.21. The molecule has 2 amide bonds. The molecule has 3 aromatic rings. The van der Waals surface area contributed by atoms with Gasteiger partial charge in [0, 0.05) is 22.4 Å². The second kappa shape index (κ2) is 10.9. The Balaban J connectivity index is 1.43. The zero-order valence-corrected chi connectivity index (χ0v) is 18.7. The summed E-state index contributed by atoms with van der Waals surface area (Å²) in [6, 6.07) is 12.5. The average Bonchev–Trinajstić information content (AvgIpc) is 3.17. The van der Waals surface area contributed by atoms with Gasteiger partial charge in [0.25, 0.3) is 5.91 Å². The third-order valence-corrected chi connectivity index (χ3v) is 5.64. The number of carbonyl (C=O) groups is 2. The number of nitrogens with one attached hydrogen (secondary N) is 2. The molecule has 0 atom stereocenters. The molecule has 0 saturated heterocycles. The maximum Gasteiger partial charge on any atom is 0.257 e. The second-order valence-corrected chi connectivity index (χ2v) is 8.68. The lowest BCUT2D eigenvalue weighted by atomic mass is 10.2. The summed E-state index contributed by atoms with van der Waals surface area (Å²) in [7, 11) is 0.